The monoisotopic (exact) mass is 521 g/mol. The van der Waals surface area contributed by atoms with Gasteiger partial charge in [0.25, 0.3) is 5.95 Å². The molecule has 0 radical (unpaired) electrons. The van der Waals surface area contributed by atoms with Gasteiger partial charge >= 0.3 is 6.18 Å². The first-order chi connectivity index (χ1) is 17.1. The van der Waals surface area contributed by atoms with E-state index in [-0.39, 0.29) is 5.41 Å². The molecule has 3 rings (SSSR count). The maximum absolute atomic E-state index is 13.0. The van der Waals surface area contributed by atoms with Crippen molar-refractivity contribution in [3.05, 3.63) is 71.1 Å². The number of nitrogens with zero attached hydrogens (tertiary/aromatic N) is 3. The molecule has 0 spiro atoms. The molecule has 0 saturated carbocycles. The Balaban J connectivity index is 1.73. The summed E-state index contributed by atoms with van der Waals surface area (Å²) >= 11 is 0. The number of rotatable bonds is 10. The van der Waals surface area contributed by atoms with Gasteiger partial charge in [0.1, 0.15) is 5.75 Å². The van der Waals surface area contributed by atoms with E-state index in [1.807, 2.05) is 43.9 Å². The second-order valence-electron chi connectivity index (χ2n) is 10.6. The number of anilines is 1. The number of aliphatic hydroxyl groups excluding tert-OH is 1. The van der Waals surface area contributed by atoms with E-state index >= 15 is 0 Å². The van der Waals surface area contributed by atoms with Gasteiger partial charge in [-0.25, -0.2) is 0 Å². The molecule has 0 amide bonds. The van der Waals surface area contributed by atoms with E-state index in [9.17, 15) is 23.4 Å². The fourth-order valence-corrected chi connectivity index (χ4v) is 3.51. The number of benzene rings is 2. The van der Waals surface area contributed by atoms with Gasteiger partial charge < -0.3 is 24.4 Å². The normalized spacial score (nSPS) is 12.7. The summed E-state index contributed by atoms with van der Waals surface area (Å²) in [5.41, 5.74) is -0.535. The van der Waals surface area contributed by atoms with Gasteiger partial charge in [-0.2, -0.15) is 18.2 Å². The lowest BCUT2D eigenvalue weighted by Gasteiger charge is -2.28. The first-order valence-electron chi connectivity index (χ1n) is 12.0. The van der Waals surface area contributed by atoms with Crippen LogP contribution in [0.2, 0.25) is 0 Å². The second kappa shape index (κ2) is 11.1. The molecule has 0 bridgehead atoms. The lowest BCUT2D eigenvalue weighted by Crippen LogP contribution is -2.41. The average Bonchev–Trinajstić information content (AvgIpc) is 3.29. The van der Waals surface area contributed by atoms with E-state index < -0.39 is 23.6 Å². The highest BCUT2D eigenvalue weighted by Crippen LogP contribution is 2.30. The molecule has 37 heavy (non-hydrogen) atoms. The van der Waals surface area contributed by atoms with Crippen molar-refractivity contribution in [2.75, 3.05) is 11.4 Å². The predicted molar refractivity (Wildman–Crippen MR) is 133 cm³/mol. The summed E-state index contributed by atoms with van der Waals surface area (Å²) in [4.78, 5) is 6.41. The standard InChI is InChI=1S/C27H34F3N3O4/c1-25(2,3)22-31-24(32-37-22)33(17-19-11-13-20(14-12-19)27(28,29)30)15-7-9-18-8-6-10-21(16-18)36-26(4,5)23(34)35/h6,8,10-14,16,23,34-35H,7,9,15,17H2,1-5H3. The molecule has 3 aromatic rings. The lowest BCUT2D eigenvalue weighted by molar-refractivity contribution is -0.154. The van der Waals surface area contributed by atoms with Crippen molar-refractivity contribution < 1.29 is 32.6 Å². The van der Waals surface area contributed by atoms with Crippen molar-refractivity contribution in [3.8, 4) is 5.75 Å². The van der Waals surface area contributed by atoms with Crippen molar-refractivity contribution in [1.29, 1.82) is 0 Å². The zero-order valence-electron chi connectivity index (χ0n) is 21.7. The van der Waals surface area contributed by atoms with Gasteiger partial charge in [-0.1, -0.05) is 45.0 Å². The molecular weight excluding hydrogens is 487 g/mol. The number of aliphatic hydroxyl groups is 2. The third-order valence-electron chi connectivity index (χ3n) is 5.79. The van der Waals surface area contributed by atoms with Crippen LogP contribution >= 0.6 is 0 Å². The van der Waals surface area contributed by atoms with Crippen LogP contribution in [-0.4, -0.2) is 38.8 Å². The minimum Gasteiger partial charge on any atom is -0.483 e. The highest BCUT2D eigenvalue weighted by Gasteiger charge is 2.30. The molecule has 0 saturated heterocycles. The smallest absolute Gasteiger partial charge is 0.416 e. The minimum absolute atomic E-state index is 0.312. The van der Waals surface area contributed by atoms with Crippen LogP contribution in [0.3, 0.4) is 0 Å². The Morgan fingerprint density at radius 3 is 2.22 bits per heavy atom. The van der Waals surface area contributed by atoms with Crippen molar-refractivity contribution in [3.63, 3.8) is 0 Å². The van der Waals surface area contributed by atoms with Crippen LogP contribution in [0, 0.1) is 0 Å². The minimum atomic E-state index is -4.39. The van der Waals surface area contributed by atoms with Crippen LogP contribution in [0.4, 0.5) is 19.1 Å². The Labute approximate surface area is 214 Å². The highest BCUT2D eigenvalue weighted by atomic mass is 19.4. The maximum Gasteiger partial charge on any atom is 0.416 e. The molecule has 0 aliphatic carbocycles. The lowest BCUT2D eigenvalue weighted by atomic mass is 9.97. The third kappa shape index (κ3) is 7.93. The van der Waals surface area contributed by atoms with Crippen LogP contribution in [0.1, 0.15) is 63.6 Å². The first-order valence-corrected chi connectivity index (χ1v) is 12.0. The number of alkyl halides is 3. The molecule has 7 nitrogen and oxygen atoms in total. The van der Waals surface area contributed by atoms with E-state index in [0.717, 1.165) is 17.7 Å². The molecule has 0 aliphatic heterocycles. The highest BCUT2D eigenvalue weighted by molar-refractivity contribution is 5.34. The largest absolute Gasteiger partial charge is 0.483 e. The predicted octanol–water partition coefficient (Wildman–Crippen LogP) is 5.49. The number of aromatic nitrogens is 2. The van der Waals surface area contributed by atoms with Crippen LogP contribution in [0.15, 0.2) is 53.1 Å². The van der Waals surface area contributed by atoms with Crippen LogP contribution in [0.25, 0.3) is 0 Å². The molecule has 0 aliphatic rings. The van der Waals surface area contributed by atoms with Crippen LogP contribution in [0.5, 0.6) is 5.75 Å². The van der Waals surface area contributed by atoms with Gasteiger partial charge in [-0.05, 0) is 67.2 Å². The molecule has 2 N–H and O–H groups in total. The summed E-state index contributed by atoms with van der Waals surface area (Å²) in [5, 5.41) is 23.1. The zero-order valence-corrected chi connectivity index (χ0v) is 21.7. The summed E-state index contributed by atoms with van der Waals surface area (Å²) in [6.07, 6.45) is -4.67. The molecule has 0 unspecified atom stereocenters. The van der Waals surface area contributed by atoms with Crippen LogP contribution < -0.4 is 9.64 Å². The van der Waals surface area contributed by atoms with E-state index in [1.54, 1.807) is 19.9 Å². The summed E-state index contributed by atoms with van der Waals surface area (Å²) < 4.78 is 50.1. The first kappa shape index (κ1) is 28.5. The van der Waals surface area contributed by atoms with E-state index in [2.05, 4.69) is 10.1 Å². The molecule has 0 atom stereocenters. The number of hydrogen-bond donors (Lipinski definition) is 2. The van der Waals surface area contributed by atoms with Crippen LogP contribution in [-0.2, 0) is 24.6 Å². The van der Waals surface area contributed by atoms with Crippen molar-refractivity contribution in [2.24, 2.45) is 0 Å². The van der Waals surface area contributed by atoms with Gasteiger partial charge in [0.2, 0.25) is 5.89 Å². The summed E-state index contributed by atoms with van der Waals surface area (Å²) in [6, 6.07) is 12.4. The van der Waals surface area contributed by atoms with E-state index in [0.29, 0.717) is 49.1 Å². The molecule has 1 heterocycles. The zero-order chi connectivity index (χ0) is 27.4. The molecule has 0 fully saturated rings. The Morgan fingerprint density at radius 2 is 1.65 bits per heavy atom. The van der Waals surface area contributed by atoms with Crippen molar-refractivity contribution in [1.82, 2.24) is 10.1 Å². The third-order valence-corrected chi connectivity index (χ3v) is 5.79. The van der Waals surface area contributed by atoms with E-state index in [4.69, 9.17) is 9.26 Å². The fraction of sp³-hybridized carbons (Fsp3) is 0.481. The Morgan fingerprint density at radius 1 is 0.973 bits per heavy atom. The number of ether oxygens (including phenoxy) is 1. The SMILES string of the molecule is CC(C)(C)c1nc(N(CCCc2cccc(OC(C)(C)C(O)O)c2)Cc2ccc(C(F)(F)F)cc2)no1. The van der Waals surface area contributed by atoms with Gasteiger partial charge in [0, 0.05) is 18.5 Å². The Kier molecular flexibility index (Phi) is 8.54. The molecule has 1 aromatic heterocycles. The number of aryl methyl sites for hydroxylation is 1. The second-order valence-corrected chi connectivity index (χ2v) is 10.6. The number of hydrogen-bond acceptors (Lipinski definition) is 7. The quantitative estimate of drug-likeness (QED) is 0.341. The molecule has 202 valence electrons. The Bertz CT molecular complexity index is 1150. The van der Waals surface area contributed by atoms with Crippen molar-refractivity contribution in [2.45, 2.75) is 77.5 Å². The molecular formula is C27H34F3N3O4. The van der Waals surface area contributed by atoms with Gasteiger partial charge in [-0.15, -0.1) is 0 Å². The summed E-state index contributed by atoms with van der Waals surface area (Å²) in [6.45, 7) is 9.87. The van der Waals surface area contributed by atoms with E-state index in [1.165, 1.54) is 12.1 Å². The average molecular weight is 522 g/mol. The number of halogens is 3. The summed E-state index contributed by atoms with van der Waals surface area (Å²) in [5.74, 6) is 1.37. The maximum atomic E-state index is 13.0. The fourth-order valence-electron chi connectivity index (χ4n) is 3.51. The topological polar surface area (TPSA) is 91.9 Å². The molecule has 2 aromatic carbocycles. The van der Waals surface area contributed by atoms with Gasteiger partial charge in [0.15, 0.2) is 11.9 Å². The Hall–Kier alpha value is -3.11. The van der Waals surface area contributed by atoms with Gasteiger partial charge in [-0.3, -0.25) is 0 Å². The molecule has 10 heteroatoms. The summed E-state index contributed by atoms with van der Waals surface area (Å²) in [7, 11) is 0. The van der Waals surface area contributed by atoms with Gasteiger partial charge in [0.05, 0.1) is 5.56 Å². The van der Waals surface area contributed by atoms with Crippen molar-refractivity contribution >= 4 is 5.95 Å².